The molecule has 0 aromatic heterocycles. The van der Waals surface area contributed by atoms with Crippen LogP contribution in [-0.2, 0) is 41.5 Å². The van der Waals surface area contributed by atoms with Crippen molar-refractivity contribution in [2.24, 2.45) is 5.92 Å². The predicted molar refractivity (Wildman–Crippen MR) is 162 cm³/mol. The van der Waals surface area contributed by atoms with Crippen LogP contribution in [0.5, 0.6) is 0 Å². The standard InChI is InChI=1S/C32H42N4O7/c1-7-20(3)28(35-26(37)16-21-12-10-9-11-13-21)29(39)33-19-27(38)36-24-18-23(34-31(41)43-32(4,5)6)15-14-22(24)17-25(36)30(40)42-8-2/h9-15,18,20,25,28H,7-8,16-17,19H2,1-6H3,(H,33,39)(H,34,41)(H,35,37)/t20-,25+,28+/m1/s1. The molecule has 0 spiro atoms. The van der Waals surface area contributed by atoms with E-state index in [1.165, 1.54) is 4.90 Å². The van der Waals surface area contributed by atoms with Gasteiger partial charge in [0.15, 0.2) is 0 Å². The van der Waals surface area contributed by atoms with Crippen LogP contribution in [0.4, 0.5) is 16.2 Å². The number of nitrogens with one attached hydrogen (secondary N) is 3. The van der Waals surface area contributed by atoms with E-state index in [0.29, 0.717) is 23.4 Å². The highest BCUT2D eigenvalue weighted by atomic mass is 16.6. The molecular formula is C32H42N4O7. The molecule has 0 saturated heterocycles. The van der Waals surface area contributed by atoms with E-state index in [1.807, 2.05) is 44.2 Å². The maximum absolute atomic E-state index is 13.6. The molecule has 0 aliphatic carbocycles. The van der Waals surface area contributed by atoms with Crippen molar-refractivity contribution in [3.05, 3.63) is 59.7 Å². The molecule has 11 nitrogen and oxygen atoms in total. The number of carbonyl (C=O) groups is 5. The monoisotopic (exact) mass is 594 g/mol. The second kappa shape index (κ2) is 14.7. The molecule has 0 bridgehead atoms. The van der Waals surface area contributed by atoms with Crippen molar-refractivity contribution in [3.63, 3.8) is 0 Å². The molecule has 3 N–H and O–H groups in total. The predicted octanol–water partition coefficient (Wildman–Crippen LogP) is 3.74. The second-order valence-electron chi connectivity index (χ2n) is 11.5. The molecule has 1 aliphatic rings. The summed E-state index contributed by atoms with van der Waals surface area (Å²) in [7, 11) is 0. The SMILES string of the molecule is CCOC(=O)[C@@H]1Cc2ccc(NC(=O)OC(C)(C)C)cc2N1C(=O)CNC(=O)[C@@H](NC(=O)Cc1ccccc1)[C@H](C)CC. The zero-order valence-electron chi connectivity index (χ0n) is 25.7. The minimum atomic E-state index is -0.938. The number of hydrogen-bond donors (Lipinski definition) is 3. The largest absolute Gasteiger partial charge is 0.464 e. The molecule has 2 aromatic carbocycles. The summed E-state index contributed by atoms with van der Waals surface area (Å²) in [5.74, 6) is -2.13. The van der Waals surface area contributed by atoms with Gasteiger partial charge in [-0.15, -0.1) is 0 Å². The zero-order valence-corrected chi connectivity index (χ0v) is 25.7. The van der Waals surface area contributed by atoms with Crippen molar-refractivity contribution >= 4 is 41.2 Å². The Balaban J connectivity index is 1.76. The van der Waals surface area contributed by atoms with E-state index in [9.17, 15) is 24.0 Å². The highest BCUT2D eigenvalue weighted by Gasteiger charge is 2.40. The van der Waals surface area contributed by atoms with Crippen LogP contribution in [0.15, 0.2) is 48.5 Å². The summed E-state index contributed by atoms with van der Waals surface area (Å²) in [6.07, 6.45) is 0.287. The summed E-state index contributed by atoms with van der Waals surface area (Å²) in [6.45, 7) is 10.4. The number of benzene rings is 2. The van der Waals surface area contributed by atoms with Crippen LogP contribution in [0.25, 0.3) is 0 Å². The number of ether oxygens (including phenoxy) is 2. The molecule has 3 atom stereocenters. The molecule has 4 amide bonds. The Labute approximate surface area is 252 Å². The van der Waals surface area contributed by atoms with Crippen LogP contribution in [0.1, 0.15) is 59.1 Å². The number of rotatable bonds is 11. The summed E-state index contributed by atoms with van der Waals surface area (Å²) in [6, 6.07) is 12.4. The number of amides is 4. The Morgan fingerprint density at radius 3 is 2.35 bits per heavy atom. The van der Waals surface area contributed by atoms with Gasteiger partial charge in [-0.1, -0.05) is 56.7 Å². The number of hydrogen-bond acceptors (Lipinski definition) is 7. The fraction of sp³-hybridized carbons (Fsp3) is 0.469. The molecule has 0 radical (unpaired) electrons. The van der Waals surface area contributed by atoms with Gasteiger partial charge in [-0.3, -0.25) is 24.6 Å². The van der Waals surface area contributed by atoms with Gasteiger partial charge in [-0.2, -0.15) is 0 Å². The van der Waals surface area contributed by atoms with Crippen molar-refractivity contribution in [1.82, 2.24) is 10.6 Å². The maximum atomic E-state index is 13.6. The smallest absolute Gasteiger partial charge is 0.412 e. The molecule has 1 heterocycles. The van der Waals surface area contributed by atoms with Crippen molar-refractivity contribution in [2.75, 3.05) is 23.4 Å². The van der Waals surface area contributed by atoms with Gasteiger partial charge < -0.3 is 20.1 Å². The van der Waals surface area contributed by atoms with E-state index in [0.717, 1.165) is 5.56 Å². The minimum Gasteiger partial charge on any atom is -0.464 e. The lowest BCUT2D eigenvalue weighted by molar-refractivity contribution is -0.145. The third-order valence-electron chi connectivity index (χ3n) is 6.98. The van der Waals surface area contributed by atoms with Crippen LogP contribution in [-0.4, -0.2) is 60.6 Å². The van der Waals surface area contributed by atoms with Crippen molar-refractivity contribution < 1.29 is 33.4 Å². The topological polar surface area (TPSA) is 143 Å². The minimum absolute atomic E-state index is 0.116. The van der Waals surface area contributed by atoms with Gasteiger partial charge in [0.2, 0.25) is 17.7 Å². The van der Waals surface area contributed by atoms with E-state index >= 15 is 0 Å². The molecule has 0 fully saturated rings. The molecule has 3 rings (SSSR count). The van der Waals surface area contributed by atoms with Crippen LogP contribution in [0.2, 0.25) is 0 Å². The molecule has 0 unspecified atom stereocenters. The van der Waals surface area contributed by atoms with E-state index in [4.69, 9.17) is 9.47 Å². The van der Waals surface area contributed by atoms with Crippen molar-refractivity contribution in [3.8, 4) is 0 Å². The second-order valence-corrected chi connectivity index (χ2v) is 11.5. The molecule has 1 aliphatic heterocycles. The number of nitrogens with zero attached hydrogens (tertiary/aromatic N) is 1. The maximum Gasteiger partial charge on any atom is 0.412 e. The summed E-state index contributed by atoms with van der Waals surface area (Å²) >= 11 is 0. The first-order valence-electron chi connectivity index (χ1n) is 14.6. The van der Waals surface area contributed by atoms with Crippen molar-refractivity contribution in [2.45, 2.75) is 78.5 Å². The summed E-state index contributed by atoms with van der Waals surface area (Å²) in [5.41, 5.74) is 1.61. The van der Waals surface area contributed by atoms with Gasteiger partial charge in [0.25, 0.3) is 0 Å². The van der Waals surface area contributed by atoms with Crippen LogP contribution in [0.3, 0.4) is 0 Å². The molecule has 232 valence electrons. The van der Waals surface area contributed by atoms with Gasteiger partial charge in [0.1, 0.15) is 17.7 Å². The van der Waals surface area contributed by atoms with Gasteiger partial charge in [0, 0.05) is 12.1 Å². The van der Waals surface area contributed by atoms with Gasteiger partial charge in [0.05, 0.1) is 25.3 Å². The lowest BCUT2D eigenvalue weighted by Crippen LogP contribution is -2.53. The van der Waals surface area contributed by atoms with E-state index in [1.54, 1.807) is 45.9 Å². The van der Waals surface area contributed by atoms with Crippen LogP contribution in [0, 0.1) is 5.92 Å². The molecule has 0 saturated carbocycles. The summed E-state index contributed by atoms with van der Waals surface area (Å²) in [5, 5.41) is 8.11. The molecular weight excluding hydrogens is 552 g/mol. The average molecular weight is 595 g/mol. The third-order valence-corrected chi connectivity index (χ3v) is 6.98. The zero-order chi connectivity index (χ0) is 31.7. The highest BCUT2D eigenvalue weighted by molar-refractivity contribution is 6.05. The van der Waals surface area contributed by atoms with E-state index < -0.39 is 48.1 Å². The van der Waals surface area contributed by atoms with Gasteiger partial charge in [-0.05, 0) is 56.9 Å². The summed E-state index contributed by atoms with van der Waals surface area (Å²) < 4.78 is 10.6. The highest BCUT2D eigenvalue weighted by Crippen LogP contribution is 2.35. The van der Waals surface area contributed by atoms with E-state index in [-0.39, 0.29) is 31.3 Å². The number of anilines is 2. The fourth-order valence-corrected chi connectivity index (χ4v) is 4.73. The molecule has 43 heavy (non-hydrogen) atoms. The first-order chi connectivity index (χ1) is 20.3. The number of esters is 1. The summed E-state index contributed by atoms with van der Waals surface area (Å²) in [4.78, 5) is 66.1. The average Bonchev–Trinajstić information content (AvgIpc) is 3.32. The Morgan fingerprint density at radius 1 is 1.02 bits per heavy atom. The Bertz CT molecular complexity index is 1320. The Hall–Kier alpha value is -4.41. The third kappa shape index (κ3) is 9.29. The van der Waals surface area contributed by atoms with Crippen LogP contribution < -0.4 is 20.9 Å². The number of fused-ring (bicyclic) bond motifs is 1. The number of carbonyl (C=O) groups excluding carboxylic acids is 5. The lowest BCUT2D eigenvalue weighted by Gasteiger charge is -2.26. The van der Waals surface area contributed by atoms with Crippen molar-refractivity contribution in [1.29, 1.82) is 0 Å². The molecule has 2 aromatic rings. The van der Waals surface area contributed by atoms with Crippen LogP contribution >= 0.6 is 0 Å². The molecule has 11 heteroatoms. The Kier molecular flexibility index (Phi) is 11.3. The quantitative estimate of drug-likeness (QED) is 0.336. The van der Waals surface area contributed by atoms with Gasteiger partial charge in [-0.25, -0.2) is 9.59 Å². The Morgan fingerprint density at radius 2 is 1.72 bits per heavy atom. The fourth-order valence-electron chi connectivity index (χ4n) is 4.73. The first kappa shape index (κ1) is 33.1. The van der Waals surface area contributed by atoms with Gasteiger partial charge >= 0.3 is 12.1 Å². The van der Waals surface area contributed by atoms with E-state index in [2.05, 4.69) is 16.0 Å². The normalized spacial score (nSPS) is 15.5. The first-order valence-corrected chi connectivity index (χ1v) is 14.6. The lowest BCUT2D eigenvalue weighted by atomic mass is 9.98.